The SMILES string of the molecule is CCCCn1c(C(=O)NCc2ccc(F)cc2)cc2occc21. The average molecular weight is 314 g/mol. The third kappa shape index (κ3) is 3.28. The Hall–Kier alpha value is -2.56. The summed E-state index contributed by atoms with van der Waals surface area (Å²) in [7, 11) is 0. The number of amides is 1. The number of nitrogens with one attached hydrogen (secondary N) is 1. The fraction of sp³-hybridized carbons (Fsp3) is 0.278. The molecule has 4 nitrogen and oxygen atoms in total. The van der Waals surface area contributed by atoms with Crippen molar-refractivity contribution in [2.24, 2.45) is 0 Å². The highest BCUT2D eigenvalue weighted by molar-refractivity contribution is 5.97. The molecule has 3 rings (SSSR count). The van der Waals surface area contributed by atoms with E-state index in [-0.39, 0.29) is 11.7 Å². The normalized spacial score (nSPS) is 11.0. The number of nitrogens with zero attached hydrogens (tertiary/aromatic N) is 1. The predicted octanol–water partition coefficient (Wildman–Crippen LogP) is 4.10. The summed E-state index contributed by atoms with van der Waals surface area (Å²) in [5.74, 6) is -0.439. The Morgan fingerprint density at radius 2 is 2.04 bits per heavy atom. The van der Waals surface area contributed by atoms with Gasteiger partial charge in [0.05, 0.1) is 11.8 Å². The molecule has 0 unspecified atom stereocenters. The van der Waals surface area contributed by atoms with Crippen LogP contribution in [0.2, 0.25) is 0 Å². The van der Waals surface area contributed by atoms with E-state index in [1.807, 2.05) is 10.6 Å². The van der Waals surface area contributed by atoms with Crippen LogP contribution >= 0.6 is 0 Å². The number of fused-ring (bicyclic) bond motifs is 1. The minimum atomic E-state index is -0.283. The maximum Gasteiger partial charge on any atom is 0.268 e. The third-order valence-electron chi connectivity index (χ3n) is 3.86. The first kappa shape index (κ1) is 15.3. The number of carbonyl (C=O) groups excluding carboxylic acids is 1. The molecule has 0 aliphatic rings. The maximum atomic E-state index is 12.9. The number of halogens is 1. The van der Waals surface area contributed by atoms with Crippen LogP contribution in [0, 0.1) is 5.82 Å². The van der Waals surface area contributed by atoms with Crippen LogP contribution in [0.3, 0.4) is 0 Å². The Labute approximate surface area is 133 Å². The lowest BCUT2D eigenvalue weighted by atomic mass is 10.2. The lowest BCUT2D eigenvalue weighted by molar-refractivity contribution is 0.0941. The van der Waals surface area contributed by atoms with Crippen LogP contribution in [0.15, 0.2) is 47.1 Å². The van der Waals surface area contributed by atoms with E-state index in [2.05, 4.69) is 12.2 Å². The van der Waals surface area contributed by atoms with Crippen molar-refractivity contribution >= 4 is 17.0 Å². The number of benzene rings is 1. The number of hydrogen-bond donors (Lipinski definition) is 1. The van der Waals surface area contributed by atoms with Crippen LogP contribution in [-0.2, 0) is 13.1 Å². The second kappa shape index (κ2) is 6.69. The number of aryl methyl sites for hydroxylation is 1. The molecule has 5 heteroatoms. The van der Waals surface area contributed by atoms with Crippen LogP contribution in [0.5, 0.6) is 0 Å². The quantitative estimate of drug-likeness (QED) is 0.744. The first-order chi connectivity index (χ1) is 11.2. The second-order valence-corrected chi connectivity index (χ2v) is 5.51. The summed E-state index contributed by atoms with van der Waals surface area (Å²) in [5.41, 5.74) is 3.10. The Kier molecular flexibility index (Phi) is 4.46. The van der Waals surface area contributed by atoms with Crippen molar-refractivity contribution in [2.45, 2.75) is 32.9 Å². The molecule has 1 amide bonds. The summed E-state index contributed by atoms with van der Waals surface area (Å²) in [6, 6.07) is 9.75. The molecule has 120 valence electrons. The Balaban J connectivity index is 1.77. The van der Waals surface area contributed by atoms with Gasteiger partial charge in [0.2, 0.25) is 0 Å². The summed E-state index contributed by atoms with van der Waals surface area (Å²) in [6.45, 7) is 3.25. The number of rotatable bonds is 6. The van der Waals surface area contributed by atoms with Gasteiger partial charge in [-0.25, -0.2) is 4.39 Å². The fourth-order valence-electron chi connectivity index (χ4n) is 2.60. The molecule has 0 aliphatic carbocycles. The van der Waals surface area contributed by atoms with E-state index in [4.69, 9.17) is 4.42 Å². The Bertz CT molecular complexity index is 802. The minimum absolute atomic E-state index is 0.156. The van der Waals surface area contributed by atoms with Crippen molar-refractivity contribution in [3.63, 3.8) is 0 Å². The topological polar surface area (TPSA) is 47.2 Å². The summed E-state index contributed by atoms with van der Waals surface area (Å²) in [5, 5.41) is 2.88. The van der Waals surface area contributed by atoms with Gasteiger partial charge in [-0.05, 0) is 24.1 Å². The van der Waals surface area contributed by atoms with Crippen molar-refractivity contribution < 1.29 is 13.6 Å². The highest BCUT2D eigenvalue weighted by Gasteiger charge is 2.16. The van der Waals surface area contributed by atoms with Crippen LogP contribution in [0.1, 0.15) is 35.8 Å². The molecule has 1 aromatic carbocycles. The van der Waals surface area contributed by atoms with Gasteiger partial charge in [-0.2, -0.15) is 0 Å². The van der Waals surface area contributed by atoms with Crippen molar-refractivity contribution in [3.05, 3.63) is 59.7 Å². The van der Waals surface area contributed by atoms with Gasteiger partial charge in [-0.1, -0.05) is 25.5 Å². The molecule has 2 aromatic heterocycles. The van der Waals surface area contributed by atoms with Crippen molar-refractivity contribution in [2.75, 3.05) is 0 Å². The van der Waals surface area contributed by atoms with Gasteiger partial charge in [-0.15, -0.1) is 0 Å². The molecule has 0 atom stereocenters. The van der Waals surface area contributed by atoms with Crippen LogP contribution in [0.4, 0.5) is 4.39 Å². The van der Waals surface area contributed by atoms with E-state index in [1.165, 1.54) is 12.1 Å². The van der Waals surface area contributed by atoms with Gasteiger partial charge < -0.3 is 14.3 Å². The van der Waals surface area contributed by atoms with E-state index < -0.39 is 0 Å². The number of unbranched alkanes of at least 4 members (excludes halogenated alkanes) is 1. The molecular weight excluding hydrogens is 295 g/mol. The molecule has 0 spiro atoms. The molecule has 0 saturated carbocycles. The summed E-state index contributed by atoms with van der Waals surface area (Å²) in [6.07, 6.45) is 3.68. The number of hydrogen-bond acceptors (Lipinski definition) is 2. The monoisotopic (exact) mass is 314 g/mol. The number of aromatic nitrogens is 1. The van der Waals surface area contributed by atoms with Gasteiger partial charge in [0.1, 0.15) is 11.5 Å². The molecule has 3 aromatic rings. The first-order valence-electron chi connectivity index (χ1n) is 7.78. The fourth-order valence-corrected chi connectivity index (χ4v) is 2.60. The van der Waals surface area contributed by atoms with Crippen LogP contribution in [0.25, 0.3) is 11.1 Å². The average Bonchev–Trinajstić information content (AvgIpc) is 3.13. The van der Waals surface area contributed by atoms with Gasteiger partial charge in [-0.3, -0.25) is 4.79 Å². The van der Waals surface area contributed by atoms with Crippen LogP contribution < -0.4 is 5.32 Å². The molecule has 23 heavy (non-hydrogen) atoms. The van der Waals surface area contributed by atoms with E-state index in [0.29, 0.717) is 17.8 Å². The molecule has 0 aliphatic heterocycles. The molecule has 2 heterocycles. The molecule has 0 bridgehead atoms. The van der Waals surface area contributed by atoms with Crippen LogP contribution in [-0.4, -0.2) is 10.5 Å². The number of furan rings is 1. The lowest BCUT2D eigenvalue weighted by Gasteiger charge is -2.10. The van der Waals surface area contributed by atoms with E-state index in [1.54, 1.807) is 24.5 Å². The first-order valence-corrected chi connectivity index (χ1v) is 7.78. The van der Waals surface area contributed by atoms with Crippen molar-refractivity contribution in [1.82, 2.24) is 9.88 Å². The summed E-state index contributed by atoms with van der Waals surface area (Å²) in [4.78, 5) is 12.5. The zero-order chi connectivity index (χ0) is 16.2. The van der Waals surface area contributed by atoms with Crippen molar-refractivity contribution in [1.29, 1.82) is 0 Å². The van der Waals surface area contributed by atoms with E-state index in [0.717, 1.165) is 30.5 Å². The molecule has 0 saturated heterocycles. The zero-order valence-corrected chi connectivity index (χ0v) is 13.0. The van der Waals surface area contributed by atoms with E-state index in [9.17, 15) is 9.18 Å². The molecule has 0 radical (unpaired) electrons. The van der Waals surface area contributed by atoms with Gasteiger partial charge in [0.15, 0.2) is 5.58 Å². The smallest absolute Gasteiger partial charge is 0.268 e. The Morgan fingerprint density at radius 3 is 2.78 bits per heavy atom. The highest BCUT2D eigenvalue weighted by atomic mass is 19.1. The predicted molar refractivity (Wildman–Crippen MR) is 86.7 cm³/mol. The summed E-state index contributed by atoms with van der Waals surface area (Å²) >= 11 is 0. The second-order valence-electron chi connectivity index (χ2n) is 5.51. The molecular formula is C18H19FN2O2. The number of carbonyl (C=O) groups is 1. The summed E-state index contributed by atoms with van der Waals surface area (Å²) < 4.78 is 20.3. The lowest BCUT2D eigenvalue weighted by Crippen LogP contribution is -2.25. The minimum Gasteiger partial charge on any atom is -0.463 e. The standard InChI is InChI=1S/C18H19FN2O2/c1-2-3-9-21-15-8-10-23-17(15)11-16(21)18(22)20-12-13-4-6-14(19)7-5-13/h4-8,10-11H,2-3,9,12H2,1H3,(H,20,22). The highest BCUT2D eigenvalue weighted by Crippen LogP contribution is 2.22. The van der Waals surface area contributed by atoms with E-state index >= 15 is 0 Å². The third-order valence-corrected chi connectivity index (χ3v) is 3.86. The zero-order valence-electron chi connectivity index (χ0n) is 13.0. The van der Waals surface area contributed by atoms with Crippen molar-refractivity contribution in [3.8, 4) is 0 Å². The molecule has 0 fully saturated rings. The van der Waals surface area contributed by atoms with Gasteiger partial charge in [0, 0.05) is 25.2 Å². The van der Waals surface area contributed by atoms with Gasteiger partial charge >= 0.3 is 0 Å². The Morgan fingerprint density at radius 1 is 1.26 bits per heavy atom. The van der Waals surface area contributed by atoms with Gasteiger partial charge in [0.25, 0.3) is 5.91 Å². The maximum absolute atomic E-state index is 12.9. The largest absolute Gasteiger partial charge is 0.463 e. The molecule has 1 N–H and O–H groups in total.